The summed E-state index contributed by atoms with van der Waals surface area (Å²) in [7, 11) is 0. The standard InChI is InChI=1S/C22H25ClN4O4S/c1-22(2,3)27(21(29)30)12-15(31-20(28)26-8-4-5-9-26)10-14(27)6-7-16-11-17-18(23)24-13-25-19(17)32-16/h11,13-15H,4-5,8-10,12H2,1-3H3/t14-,15-,27?/m0/s1. The van der Waals surface area contributed by atoms with Crippen molar-refractivity contribution in [2.45, 2.75) is 57.7 Å². The van der Waals surface area contributed by atoms with Crippen LogP contribution in [-0.2, 0) is 4.74 Å². The molecule has 2 aromatic rings. The third-order valence-electron chi connectivity index (χ3n) is 6.31. The number of quaternary nitrogens is 1. The Balaban J connectivity index is 1.64. The van der Waals surface area contributed by atoms with Gasteiger partial charge in [0.2, 0.25) is 0 Å². The van der Waals surface area contributed by atoms with Gasteiger partial charge in [0.1, 0.15) is 22.9 Å². The molecule has 10 heteroatoms. The van der Waals surface area contributed by atoms with Gasteiger partial charge in [0.05, 0.1) is 22.2 Å². The van der Waals surface area contributed by atoms with Crippen LogP contribution in [0.3, 0.4) is 0 Å². The van der Waals surface area contributed by atoms with Crippen molar-refractivity contribution in [3.8, 4) is 11.8 Å². The summed E-state index contributed by atoms with van der Waals surface area (Å²) in [5.74, 6) is 6.24. The average molecular weight is 477 g/mol. The molecular formula is C22H25ClN4O4S. The lowest BCUT2D eigenvalue weighted by Crippen LogP contribution is -2.70. The maximum absolute atomic E-state index is 12.5. The molecule has 1 unspecified atom stereocenters. The molecule has 170 valence electrons. The van der Waals surface area contributed by atoms with Crippen LogP contribution in [0.25, 0.3) is 10.2 Å². The maximum Gasteiger partial charge on any atom is 0.410 e. The van der Waals surface area contributed by atoms with Crippen molar-refractivity contribution in [2.75, 3.05) is 19.6 Å². The van der Waals surface area contributed by atoms with Crippen molar-refractivity contribution >= 4 is 45.3 Å². The van der Waals surface area contributed by atoms with Gasteiger partial charge in [0.25, 0.3) is 6.09 Å². The summed E-state index contributed by atoms with van der Waals surface area (Å²) >= 11 is 7.50. The van der Waals surface area contributed by atoms with E-state index in [1.165, 1.54) is 17.7 Å². The van der Waals surface area contributed by atoms with Gasteiger partial charge in [-0.3, -0.25) is 4.48 Å². The first kappa shape index (κ1) is 22.8. The van der Waals surface area contributed by atoms with Gasteiger partial charge in [-0.15, -0.1) is 11.3 Å². The Bertz CT molecular complexity index is 1110. The number of rotatable bonds is 1. The number of thiophene rings is 1. The minimum absolute atomic E-state index is 0.120. The van der Waals surface area contributed by atoms with Crippen molar-refractivity contribution in [2.24, 2.45) is 0 Å². The minimum Gasteiger partial charge on any atom is -0.498 e. The van der Waals surface area contributed by atoms with Crippen molar-refractivity contribution < 1.29 is 23.9 Å². The molecule has 0 aliphatic carbocycles. The van der Waals surface area contributed by atoms with Crippen LogP contribution in [0.2, 0.25) is 5.15 Å². The molecule has 0 spiro atoms. The lowest BCUT2D eigenvalue weighted by atomic mass is 10.00. The highest BCUT2D eigenvalue weighted by Gasteiger charge is 2.56. The van der Waals surface area contributed by atoms with Crippen LogP contribution < -0.4 is 5.11 Å². The summed E-state index contributed by atoms with van der Waals surface area (Å²) in [6.07, 6.45) is 1.47. The SMILES string of the molecule is CC(C)(C)[N+]1(C(=O)[O-])C[C@@H](OC(=O)N2CCCC2)C[C@@H]1C#Cc1cc2c(Cl)ncnc2s1. The molecule has 2 fully saturated rings. The summed E-state index contributed by atoms with van der Waals surface area (Å²) < 4.78 is 5.32. The van der Waals surface area contributed by atoms with E-state index >= 15 is 0 Å². The predicted octanol–water partition coefficient (Wildman–Crippen LogP) is 3.03. The van der Waals surface area contributed by atoms with Crippen molar-refractivity contribution in [1.82, 2.24) is 14.9 Å². The summed E-state index contributed by atoms with van der Waals surface area (Å²) in [6, 6.07) is 1.21. The lowest BCUT2D eigenvalue weighted by Gasteiger charge is -2.47. The fourth-order valence-corrected chi connectivity index (χ4v) is 5.69. The average Bonchev–Trinajstić information content (AvgIpc) is 3.44. The molecule has 2 amide bonds. The van der Waals surface area contributed by atoms with Crippen molar-refractivity contribution in [1.29, 1.82) is 0 Å². The fraction of sp³-hybridized carbons (Fsp3) is 0.545. The number of hydrogen-bond donors (Lipinski definition) is 0. The molecule has 2 aliphatic rings. The molecule has 0 bridgehead atoms. The van der Waals surface area contributed by atoms with E-state index in [0.29, 0.717) is 34.9 Å². The van der Waals surface area contributed by atoms with Crippen LogP contribution in [0.5, 0.6) is 0 Å². The molecule has 2 saturated heterocycles. The number of carboxylic acid groups (broad SMARTS) is 1. The Morgan fingerprint density at radius 2 is 2.03 bits per heavy atom. The number of carbonyl (C=O) groups is 2. The van der Waals surface area contributed by atoms with E-state index in [-0.39, 0.29) is 12.6 Å². The number of fused-ring (bicyclic) bond motifs is 1. The number of carbonyl (C=O) groups excluding carboxylic acids is 2. The zero-order valence-electron chi connectivity index (χ0n) is 18.3. The quantitative estimate of drug-likeness (QED) is 0.356. The van der Waals surface area contributed by atoms with Crippen molar-refractivity contribution in [3.63, 3.8) is 0 Å². The second kappa shape index (κ2) is 8.50. The van der Waals surface area contributed by atoms with E-state index < -0.39 is 28.3 Å². The lowest BCUT2D eigenvalue weighted by molar-refractivity contribution is -0.924. The van der Waals surface area contributed by atoms with Gasteiger partial charge in [-0.25, -0.2) is 14.8 Å². The van der Waals surface area contributed by atoms with Crippen LogP contribution >= 0.6 is 22.9 Å². The number of ether oxygens (including phenoxy) is 1. The van der Waals surface area contributed by atoms with Crippen LogP contribution in [0.1, 0.15) is 44.9 Å². The number of aromatic nitrogens is 2. The maximum atomic E-state index is 12.5. The normalized spacial score (nSPS) is 25.6. The monoisotopic (exact) mass is 476 g/mol. The highest BCUT2D eigenvalue weighted by Crippen LogP contribution is 2.38. The Kier molecular flexibility index (Phi) is 6.05. The van der Waals surface area contributed by atoms with Gasteiger partial charge in [0, 0.05) is 13.1 Å². The largest absolute Gasteiger partial charge is 0.498 e. The van der Waals surface area contributed by atoms with Gasteiger partial charge in [-0.2, -0.15) is 0 Å². The molecule has 0 N–H and O–H groups in total. The summed E-state index contributed by atoms with van der Waals surface area (Å²) in [4.78, 5) is 36.3. The van der Waals surface area contributed by atoms with E-state index in [1.807, 2.05) is 20.8 Å². The summed E-state index contributed by atoms with van der Waals surface area (Å²) in [5.41, 5.74) is -0.706. The Labute approximate surface area is 195 Å². The molecule has 2 aromatic heterocycles. The van der Waals surface area contributed by atoms with Gasteiger partial charge < -0.3 is 19.5 Å². The van der Waals surface area contributed by atoms with E-state index in [1.54, 1.807) is 11.0 Å². The van der Waals surface area contributed by atoms with Crippen LogP contribution in [-0.4, -0.2) is 68.9 Å². The smallest absolute Gasteiger partial charge is 0.410 e. The van der Waals surface area contributed by atoms with E-state index in [0.717, 1.165) is 17.7 Å². The fourth-order valence-electron chi connectivity index (χ4n) is 4.58. The van der Waals surface area contributed by atoms with Gasteiger partial charge >= 0.3 is 6.09 Å². The van der Waals surface area contributed by atoms with Crippen molar-refractivity contribution in [3.05, 3.63) is 22.4 Å². The number of amides is 2. The zero-order valence-corrected chi connectivity index (χ0v) is 19.8. The zero-order chi connectivity index (χ0) is 23.1. The minimum atomic E-state index is -1.22. The summed E-state index contributed by atoms with van der Waals surface area (Å²) in [6.45, 7) is 7.00. The molecule has 4 rings (SSSR count). The van der Waals surface area contributed by atoms with Crippen LogP contribution in [0.4, 0.5) is 9.59 Å². The Hall–Kier alpha value is -2.41. The molecule has 2 aliphatic heterocycles. The van der Waals surface area contributed by atoms with Crippen LogP contribution in [0, 0.1) is 11.8 Å². The topological polar surface area (TPSA) is 95.5 Å². The molecule has 8 nitrogen and oxygen atoms in total. The number of likely N-dealkylation sites (tertiary alicyclic amines) is 2. The highest BCUT2D eigenvalue weighted by atomic mass is 35.5. The third-order valence-corrected chi connectivity index (χ3v) is 7.57. The molecule has 0 saturated carbocycles. The number of halogens is 1. The van der Waals surface area contributed by atoms with Gasteiger partial charge in [0.15, 0.2) is 12.1 Å². The van der Waals surface area contributed by atoms with E-state index in [2.05, 4.69) is 21.8 Å². The summed E-state index contributed by atoms with van der Waals surface area (Å²) in [5, 5.41) is 13.5. The first-order valence-electron chi connectivity index (χ1n) is 10.6. The molecule has 4 heterocycles. The van der Waals surface area contributed by atoms with Crippen LogP contribution in [0.15, 0.2) is 12.4 Å². The molecule has 0 aromatic carbocycles. The second-order valence-electron chi connectivity index (χ2n) is 9.20. The first-order chi connectivity index (χ1) is 15.1. The Morgan fingerprint density at radius 3 is 2.66 bits per heavy atom. The van der Waals surface area contributed by atoms with E-state index in [4.69, 9.17) is 16.3 Å². The molecule has 3 atom stereocenters. The van der Waals surface area contributed by atoms with Gasteiger partial charge in [-0.05, 0) is 51.5 Å². The number of nitrogens with zero attached hydrogens (tertiary/aromatic N) is 4. The molecule has 32 heavy (non-hydrogen) atoms. The predicted molar refractivity (Wildman–Crippen MR) is 119 cm³/mol. The van der Waals surface area contributed by atoms with E-state index in [9.17, 15) is 14.7 Å². The highest BCUT2D eigenvalue weighted by molar-refractivity contribution is 7.19. The number of hydrogen-bond acceptors (Lipinski definition) is 7. The van der Waals surface area contributed by atoms with Gasteiger partial charge in [-0.1, -0.05) is 11.6 Å². The Morgan fingerprint density at radius 1 is 1.31 bits per heavy atom. The third kappa shape index (κ3) is 4.03. The first-order valence-corrected chi connectivity index (χ1v) is 11.8. The molecular weight excluding hydrogens is 452 g/mol. The second-order valence-corrected chi connectivity index (χ2v) is 10.6. The molecule has 0 radical (unpaired) electrons.